The number of aliphatic hydroxyl groups excluding tert-OH is 1. The molecule has 108 valence electrons. The highest BCUT2D eigenvalue weighted by Gasteiger charge is 2.28. The molecule has 2 N–H and O–H groups in total. The largest absolute Gasteiger partial charge is 0.384 e. The molecule has 0 saturated heterocycles. The van der Waals surface area contributed by atoms with Gasteiger partial charge in [-0.25, -0.2) is 9.89 Å². The molecular weight excluding hydrogens is 286 g/mol. The number of H-pyrrole nitrogens is 1. The number of hydrogen-bond acceptors (Lipinski definition) is 4. The topological polar surface area (TPSA) is 70.9 Å². The Labute approximate surface area is 126 Å². The maximum absolute atomic E-state index is 11.7. The minimum absolute atomic E-state index is 0.131. The van der Waals surface area contributed by atoms with E-state index in [-0.39, 0.29) is 12.3 Å². The van der Waals surface area contributed by atoms with Crippen LogP contribution in [0.25, 0.3) is 0 Å². The van der Waals surface area contributed by atoms with Gasteiger partial charge in [-0.2, -0.15) is 0 Å². The van der Waals surface area contributed by atoms with Gasteiger partial charge in [-0.15, -0.1) is 5.10 Å². The van der Waals surface area contributed by atoms with E-state index >= 15 is 0 Å². The zero-order chi connectivity index (χ0) is 14.7. The van der Waals surface area contributed by atoms with E-state index in [4.69, 9.17) is 5.11 Å². The van der Waals surface area contributed by atoms with Gasteiger partial charge in [-0.3, -0.25) is 4.57 Å². The second kappa shape index (κ2) is 6.20. The molecule has 1 aliphatic rings. The molecule has 6 heteroatoms. The maximum atomic E-state index is 11.7. The number of aromatic nitrogens is 3. The molecule has 21 heavy (non-hydrogen) atoms. The Hall–Kier alpha value is -1.97. The second-order valence-corrected chi connectivity index (χ2v) is 5.76. The van der Waals surface area contributed by atoms with E-state index in [1.165, 1.54) is 11.8 Å². The van der Waals surface area contributed by atoms with Crippen molar-refractivity contribution in [2.24, 2.45) is 0 Å². The number of hydrogen-bond donors (Lipinski definition) is 2. The number of benzene rings is 1. The van der Waals surface area contributed by atoms with Crippen molar-refractivity contribution >= 4 is 11.8 Å². The number of thioether (sulfide) groups is 1. The van der Waals surface area contributed by atoms with Crippen LogP contribution in [0.3, 0.4) is 0 Å². The van der Waals surface area contributed by atoms with Crippen molar-refractivity contribution in [3.05, 3.63) is 45.9 Å². The molecule has 1 fully saturated rings. The third-order valence-corrected chi connectivity index (χ3v) is 4.26. The highest BCUT2D eigenvalue weighted by Crippen LogP contribution is 2.36. The summed E-state index contributed by atoms with van der Waals surface area (Å²) in [6.07, 6.45) is 2.09. The summed E-state index contributed by atoms with van der Waals surface area (Å²) in [5.74, 6) is 6.30. The standard InChI is InChI=1S/C15H15N3O2S/c19-9-3-6-11-4-1-2-5-12(11)10-21-15-17-16-14(20)18(15)13-7-8-13/h1-2,4-5,13,19H,7-10H2,(H,16,20). The number of aliphatic hydroxyl groups is 1. The van der Waals surface area contributed by atoms with Crippen LogP contribution in [0.15, 0.2) is 34.2 Å². The summed E-state index contributed by atoms with van der Waals surface area (Å²) in [6.45, 7) is -0.151. The first-order valence-electron chi connectivity index (χ1n) is 6.77. The summed E-state index contributed by atoms with van der Waals surface area (Å²) >= 11 is 1.53. The molecular formula is C15H15N3O2S. The lowest BCUT2D eigenvalue weighted by Gasteiger charge is -2.05. The summed E-state index contributed by atoms with van der Waals surface area (Å²) in [5, 5.41) is 16.1. The number of aromatic amines is 1. The molecule has 1 saturated carbocycles. The fourth-order valence-corrected chi connectivity index (χ4v) is 3.11. The molecule has 3 rings (SSSR count). The van der Waals surface area contributed by atoms with Gasteiger partial charge in [0.15, 0.2) is 5.16 Å². The van der Waals surface area contributed by atoms with Crippen molar-refractivity contribution in [1.29, 1.82) is 0 Å². The van der Waals surface area contributed by atoms with E-state index in [0.717, 1.165) is 29.1 Å². The van der Waals surface area contributed by atoms with Crippen molar-refractivity contribution < 1.29 is 5.11 Å². The molecule has 1 aromatic carbocycles. The Morgan fingerprint density at radius 3 is 3.00 bits per heavy atom. The zero-order valence-electron chi connectivity index (χ0n) is 11.4. The predicted octanol–water partition coefficient (Wildman–Crippen LogP) is 1.54. The summed E-state index contributed by atoms with van der Waals surface area (Å²) in [6, 6.07) is 8.11. The first-order valence-corrected chi connectivity index (χ1v) is 7.75. The van der Waals surface area contributed by atoms with Gasteiger partial charge in [0.05, 0.1) is 0 Å². The molecule has 1 heterocycles. The van der Waals surface area contributed by atoms with E-state index < -0.39 is 0 Å². The van der Waals surface area contributed by atoms with Crippen LogP contribution in [0, 0.1) is 11.8 Å². The van der Waals surface area contributed by atoms with Crippen LogP contribution < -0.4 is 5.69 Å². The van der Waals surface area contributed by atoms with Gasteiger partial charge in [-0.05, 0) is 24.5 Å². The second-order valence-electron chi connectivity index (χ2n) is 4.82. The van der Waals surface area contributed by atoms with Crippen LogP contribution in [-0.4, -0.2) is 26.5 Å². The van der Waals surface area contributed by atoms with Crippen molar-refractivity contribution in [3.8, 4) is 11.8 Å². The molecule has 0 spiro atoms. The zero-order valence-corrected chi connectivity index (χ0v) is 12.2. The fourth-order valence-electron chi connectivity index (χ4n) is 2.09. The van der Waals surface area contributed by atoms with Gasteiger partial charge in [0, 0.05) is 17.4 Å². The SMILES string of the molecule is O=c1[nH]nc(SCc2ccccc2C#CCO)n1C1CC1. The van der Waals surface area contributed by atoms with E-state index in [1.807, 2.05) is 24.3 Å². The van der Waals surface area contributed by atoms with E-state index in [9.17, 15) is 4.79 Å². The first-order chi connectivity index (χ1) is 10.3. The monoisotopic (exact) mass is 301 g/mol. The molecule has 0 radical (unpaired) electrons. The summed E-state index contributed by atoms with van der Waals surface area (Å²) < 4.78 is 1.74. The number of rotatable bonds is 4. The van der Waals surface area contributed by atoms with E-state index in [1.54, 1.807) is 4.57 Å². The minimum Gasteiger partial charge on any atom is -0.384 e. The molecule has 1 aliphatic carbocycles. The Morgan fingerprint density at radius 2 is 2.24 bits per heavy atom. The Bertz CT molecular complexity index is 750. The minimum atomic E-state index is -0.151. The molecule has 5 nitrogen and oxygen atoms in total. The summed E-state index contributed by atoms with van der Waals surface area (Å²) in [4.78, 5) is 11.7. The highest BCUT2D eigenvalue weighted by molar-refractivity contribution is 7.98. The van der Waals surface area contributed by atoms with Gasteiger partial charge in [-0.1, -0.05) is 41.8 Å². The molecule has 2 aromatic rings. The predicted molar refractivity (Wildman–Crippen MR) is 81.1 cm³/mol. The van der Waals surface area contributed by atoms with Crippen LogP contribution >= 0.6 is 11.8 Å². The Morgan fingerprint density at radius 1 is 1.43 bits per heavy atom. The van der Waals surface area contributed by atoms with Gasteiger partial charge in [0.2, 0.25) is 0 Å². The van der Waals surface area contributed by atoms with Crippen molar-refractivity contribution in [2.75, 3.05) is 6.61 Å². The van der Waals surface area contributed by atoms with Crippen LogP contribution in [0.1, 0.15) is 30.0 Å². The number of nitrogens with zero attached hydrogens (tertiary/aromatic N) is 2. The molecule has 0 amide bonds. The molecule has 0 aliphatic heterocycles. The van der Waals surface area contributed by atoms with Crippen LogP contribution in [-0.2, 0) is 5.75 Å². The molecule has 0 unspecified atom stereocenters. The van der Waals surface area contributed by atoms with Gasteiger partial charge in [0.1, 0.15) is 6.61 Å². The highest BCUT2D eigenvalue weighted by atomic mass is 32.2. The third kappa shape index (κ3) is 3.20. The van der Waals surface area contributed by atoms with E-state index in [0.29, 0.717) is 11.8 Å². The summed E-state index contributed by atoms with van der Waals surface area (Å²) in [7, 11) is 0. The quantitative estimate of drug-likeness (QED) is 0.664. The Kier molecular flexibility index (Phi) is 4.13. The average molecular weight is 301 g/mol. The van der Waals surface area contributed by atoms with Crippen LogP contribution in [0.5, 0.6) is 0 Å². The Balaban J connectivity index is 1.78. The van der Waals surface area contributed by atoms with Gasteiger partial charge < -0.3 is 5.11 Å². The van der Waals surface area contributed by atoms with E-state index in [2.05, 4.69) is 22.0 Å². The van der Waals surface area contributed by atoms with Crippen molar-refractivity contribution in [3.63, 3.8) is 0 Å². The third-order valence-electron chi connectivity index (χ3n) is 3.26. The van der Waals surface area contributed by atoms with Crippen molar-refractivity contribution in [2.45, 2.75) is 29.8 Å². The lowest BCUT2D eigenvalue weighted by molar-refractivity contribution is 0.350. The van der Waals surface area contributed by atoms with Gasteiger partial charge in [0.25, 0.3) is 0 Å². The molecule has 1 aromatic heterocycles. The smallest absolute Gasteiger partial charge is 0.344 e. The molecule has 0 bridgehead atoms. The van der Waals surface area contributed by atoms with Crippen LogP contribution in [0.2, 0.25) is 0 Å². The lowest BCUT2D eigenvalue weighted by atomic mass is 10.1. The number of nitrogens with one attached hydrogen (secondary N) is 1. The fraction of sp³-hybridized carbons (Fsp3) is 0.333. The lowest BCUT2D eigenvalue weighted by Crippen LogP contribution is -2.16. The normalized spacial score (nSPS) is 13.8. The van der Waals surface area contributed by atoms with Crippen molar-refractivity contribution in [1.82, 2.24) is 14.8 Å². The molecule has 0 atom stereocenters. The summed E-state index contributed by atoms with van der Waals surface area (Å²) in [5.41, 5.74) is 1.84. The maximum Gasteiger partial charge on any atom is 0.344 e. The average Bonchev–Trinajstić information content (AvgIpc) is 3.27. The van der Waals surface area contributed by atoms with Gasteiger partial charge >= 0.3 is 5.69 Å². The van der Waals surface area contributed by atoms with Crippen LogP contribution in [0.4, 0.5) is 0 Å². The first kappa shape index (κ1) is 14.0.